The molecule has 0 aromatic heterocycles. The van der Waals surface area contributed by atoms with Crippen LogP contribution in [0.5, 0.6) is 0 Å². The van der Waals surface area contributed by atoms with Crippen LogP contribution < -0.4 is 5.32 Å². The lowest BCUT2D eigenvalue weighted by Crippen LogP contribution is -2.50. The molecule has 2 aliphatic rings. The summed E-state index contributed by atoms with van der Waals surface area (Å²) >= 11 is 6.35. The SMILES string of the molecule is C[C@H](/C=C\S(C)(=O)=O)NC(=O)[C@@]1(F)CCCCN(C(=O)[C@H]2CN(CC(F)(F)F)C[C@H]2c2ccccc2Cl)CC1. The molecule has 0 radical (unpaired) electrons. The Kier molecular flexibility index (Phi) is 10.1. The van der Waals surface area contributed by atoms with Crippen molar-refractivity contribution in [3.05, 3.63) is 46.3 Å². The molecular formula is C26H34ClF4N3O4S. The van der Waals surface area contributed by atoms with Crippen molar-refractivity contribution in [2.45, 2.75) is 56.4 Å². The quantitative estimate of drug-likeness (QED) is 0.480. The molecule has 3 rings (SSSR count). The van der Waals surface area contributed by atoms with Crippen LogP contribution in [0.15, 0.2) is 35.7 Å². The minimum Gasteiger partial charge on any atom is -0.347 e. The summed E-state index contributed by atoms with van der Waals surface area (Å²) in [6.07, 6.45) is -1.80. The van der Waals surface area contributed by atoms with Gasteiger partial charge in [-0.2, -0.15) is 13.2 Å². The van der Waals surface area contributed by atoms with Crippen molar-refractivity contribution in [3.8, 4) is 0 Å². The number of amides is 2. The number of nitrogens with zero attached hydrogens (tertiary/aromatic N) is 2. The van der Waals surface area contributed by atoms with Gasteiger partial charge in [0.1, 0.15) is 0 Å². The van der Waals surface area contributed by atoms with E-state index in [2.05, 4.69) is 5.32 Å². The first kappa shape index (κ1) is 31.3. The Morgan fingerprint density at radius 3 is 2.51 bits per heavy atom. The third kappa shape index (κ3) is 8.91. The van der Waals surface area contributed by atoms with E-state index in [1.165, 1.54) is 22.8 Å². The Hall–Kier alpha value is -2.18. The van der Waals surface area contributed by atoms with E-state index >= 15 is 4.39 Å². The Labute approximate surface area is 231 Å². The van der Waals surface area contributed by atoms with Gasteiger partial charge in [-0.15, -0.1) is 0 Å². The van der Waals surface area contributed by atoms with Gasteiger partial charge in [-0.1, -0.05) is 35.9 Å². The zero-order valence-corrected chi connectivity index (χ0v) is 23.5. The monoisotopic (exact) mass is 595 g/mol. The molecule has 0 saturated carbocycles. The summed E-state index contributed by atoms with van der Waals surface area (Å²) < 4.78 is 78.0. The fraction of sp³-hybridized carbons (Fsp3) is 0.615. The predicted octanol–water partition coefficient (Wildman–Crippen LogP) is 4.09. The van der Waals surface area contributed by atoms with Gasteiger partial charge in [0.05, 0.1) is 12.5 Å². The highest BCUT2D eigenvalue weighted by atomic mass is 35.5. The van der Waals surface area contributed by atoms with Gasteiger partial charge >= 0.3 is 6.18 Å². The number of likely N-dealkylation sites (tertiary alicyclic amines) is 2. The van der Waals surface area contributed by atoms with Crippen LogP contribution in [-0.4, -0.2) is 86.9 Å². The molecule has 0 spiro atoms. The lowest BCUT2D eigenvalue weighted by Gasteiger charge is -2.34. The number of nitrogens with one attached hydrogen (secondary N) is 1. The maximum absolute atomic E-state index is 15.9. The fourth-order valence-corrected chi connectivity index (χ4v) is 5.99. The molecule has 0 unspecified atom stereocenters. The van der Waals surface area contributed by atoms with E-state index in [1.54, 1.807) is 24.3 Å². The summed E-state index contributed by atoms with van der Waals surface area (Å²) in [4.78, 5) is 29.1. The highest BCUT2D eigenvalue weighted by Crippen LogP contribution is 2.39. The molecule has 2 amide bonds. The van der Waals surface area contributed by atoms with E-state index in [1.807, 2.05) is 0 Å². The maximum Gasteiger partial charge on any atom is 0.401 e. The Morgan fingerprint density at radius 2 is 1.87 bits per heavy atom. The molecule has 2 fully saturated rings. The second-order valence-corrected chi connectivity index (χ2v) is 12.8. The number of rotatable bonds is 7. The highest BCUT2D eigenvalue weighted by molar-refractivity contribution is 7.93. The third-order valence-electron chi connectivity index (χ3n) is 7.14. The molecule has 39 heavy (non-hydrogen) atoms. The van der Waals surface area contributed by atoms with Gasteiger partial charge in [0.2, 0.25) is 5.91 Å². The summed E-state index contributed by atoms with van der Waals surface area (Å²) in [7, 11) is -3.42. The van der Waals surface area contributed by atoms with Crippen LogP contribution in [0.3, 0.4) is 0 Å². The van der Waals surface area contributed by atoms with Crippen molar-refractivity contribution in [1.29, 1.82) is 0 Å². The van der Waals surface area contributed by atoms with Crippen molar-refractivity contribution in [2.75, 3.05) is 39.0 Å². The molecule has 2 heterocycles. The molecule has 4 atom stereocenters. The number of carbonyl (C=O) groups is 2. The minimum absolute atomic E-state index is 0.00182. The molecule has 2 saturated heterocycles. The van der Waals surface area contributed by atoms with Crippen LogP contribution in [0.2, 0.25) is 5.02 Å². The topological polar surface area (TPSA) is 86.8 Å². The summed E-state index contributed by atoms with van der Waals surface area (Å²) in [6, 6.07) is 6.01. The minimum atomic E-state index is -4.43. The first-order chi connectivity index (χ1) is 18.1. The lowest BCUT2D eigenvalue weighted by atomic mass is 9.86. The number of hydrogen-bond donors (Lipinski definition) is 1. The lowest BCUT2D eigenvalue weighted by molar-refractivity contribution is -0.146. The van der Waals surface area contributed by atoms with Crippen LogP contribution in [0.25, 0.3) is 0 Å². The first-order valence-electron chi connectivity index (χ1n) is 12.8. The van der Waals surface area contributed by atoms with E-state index in [9.17, 15) is 31.2 Å². The van der Waals surface area contributed by atoms with Gasteiger partial charge in [0.15, 0.2) is 15.5 Å². The van der Waals surface area contributed by atoms with Crippen LogP contribution in [0, 0.1) is 5.92 Å². The van der Waals surface area contributed by atoms with E-state index in [0.717, 1.165) is 11.7 Å². The average molecular weight is 596 g/mol. The predicted molar refractivity (Wildman–Crippen MR) is 141 cm³/mol. The van der Waals surface area contributed by atoms with E-state index < -0.39 is 57.9 Å². The second kappa shape index (κ2) is 12.6. The summed E-state index contributed by atoms with van der Waals surface area (Å²) in [5.41, 5.74) is -1.70. The molecule has 13 heteroatoms. The molecule has 2 aliphatic heterocycles. The number of halogens is 5. The molecule has 218 valence electrons. The number of hydrogen-bond acceptors (Lipinski definition) is 5. The molecule has 0 aliphatic carbocycles. The number of carbonyl (C=O) groups excluding carboxylic acids is 2. The molecule has 0 bridgehead atoms. The van der Waals surface area contributed by atoms with Crippen LogP contribution in [0.4, 0.5) is 17.6 Å². The molecule has 1 aromatic carbocycles. The zero-order valence-electron chi connectivity index (χ0n) is 21.9. The van der Waals surface area contributed by atoms with Crippen molar-refractivity contribution in [1.82, 2.24) is 15.1 Å². The molecular weight excluding hydrogens is 562 g/mol. The van der Waals surface area contributed by atoms with Gasteiger partial charge in [0, 0.05) is 61.2 Å². The van der Waals surface area contributed by atoms with E-state index in [0.29, 0.717) is 30.0 Å². The number of sulfone groups is 1. The maximum atomic E-state index is 15.9. The van der Waals surface area contributed by atoms with Gasteiger partial charge in [0.25, 0.3) is 5.91 Å². The van der Waals surface area contributed by atoms with Crippen molar-refractivity contribution in [2.24, 2.45) is 5.92 Å². The van der Waals surface area contributed by atoms with Gasteiger partial charge in [-0.3, -0.25) is 14.5 Å². The Morgan fingerprint density at radius 1 is 1.18 bits per heavy atom. The van der Waals surface area contributed by atoms with E-state index in [-0.39, 0.29) is 32.5 Å². The number of alkyl halides is 4. The van der Waals surface area contributed by atoms with Gasteiger partial charge < -0.3 is 10.2 Å². The first-order valence-corrected chi connectivity index (χ1v) is 15.1. The normalized spacial score (nSPS) is 26.3. The Bertz CT molecular complexity index is 1180. The van der Waals surface area contributed by atoms with Crippen molar-refractivity contribution >= 4 is 33.3 Å². The second-order valence-electron chi connectivity index (χ2n) is 10.5. The van der Waals surface area contributed by atoms with Gasteiger partial charge in [-0.05, 0) is 37.8 Å². The smallest absolute Gasteiger partial charge is 0.347 e. The largest absolute Gasteiger partial charge is 0.401 e. The summed E-state index contributed by atoms with van der Waals surface area (Å²) in [5.74, 6) is -2.66. The number of benzene rings is 1. The zero-order chi connectivity index (χ0) is 29.0. The van der Waals surface area contributed by atoms with Crippen molar-refractivity contribution < 1.29 is 35.6 Å². The fourth-order valence-electron chi connectivity index (χ4n) is 5.19. The van der Waals surface area contributed by atoms with Crippen LogP contribution in [-0.2, 0) is 19.4 Å². The molecule has 7 nitrogen and oxygen atoms in total. The third-order valence-corrected chi connectivity index (χ3v) is 8.14. The summed E-state index contributed by atoms with van der Waals surface area (Å²) in [5, 5.41) is 3.77. The molecule has 1 aromatic rings. The van der Waals surface area contributed by atoms with E-state index in [4.69, 9.17) is 11.6 Å². The highest BCUT2D eigenvalue weighted by Gasteiger charge is 2.46. The van der Waals surface area contributed by atoms with Crippen LogP contribution >= 0.6 is 11.6 Å². The van der Waals surface area contributed by atoms with Crippen molar-refractivity contribution in [3.63, 3.8) is 0 Å². The Balaban J connectivity index is 1.75. The average Bonchev–Trinajstić information content (AvgIpc) is 3.21. The van der Waals surface area contributed by atoms with Gasteiger partial charge in [-0.25, -0.2) is 12.8 Å². The van der Waals surface area contributed by atoms with Crippen LogP contribution in [0.1, 0.15) is 44.1 Å². The molecule has 1 N–H and O–H groups in total. The summed E-state index contributed by atoms with van der Waals surface area (Å²) in [6.45, 7) is 0.467. The standard InChI is InChI=1S/C26H34ClF4N3O4S/c1-18(9-14-39(2,37)38)32-24(36)25(28)10-5-6-12-34(13-11-25)23(35)21-16-33(17-26(29,30)31)15-20(21)19-7-3-4-8-22(19)27/h3-4,7-9,14,18,20-21H,5-6,10-13,15-17H2,1-2H3,(H,32,36)/b14-9-/t18-,20+,21+,25-/m1/s1.